The van der Waals surface area contributed by atoms with Gasteiger partial charge in [-0.1, -0.05) is 72.5 Å². The van der Waals surface area contributed by atoms with Crippen molar-refractivity contribution in [1.82, 2.24) is 14.3 Å². The van der Waals surface area contributed by atoms with E-state index < -0.39 is 6.10 Å². The maximum atomic E-state index is 13.6. The van der Waals surface area contributed by atoms with Crippen LogP contribution in [-0.2, 0) is 11.3 Å². The van der Waals surface area contributed by atoms with E-state index in [0.29, 0.717) is 9.97 Å². The van der Waals surface area contributed by atoms with E-state index in [0.717, 1.165) is 28.5 Å². The Morgan fingerprint density at radius 2 is 1.84 bits per heavy atom. The number of thioether (sulfide) groups is 1. The number of hydrogen-bond acceptors (Lipinski definition) is 7. The summed E-state index contributed by atoms with van der Waals surface area (Å²) in [6.07, 6.45) is 2.34. The minimum atomic E-state index is -0.837. The van der Waals surface area contributed by atoms with Gasteiger partial charge in [0.15, 0.2) is 0 Å². The number of rotatable bonds is 7. The summed E-state index contributed by atoms with van der Waals surface area (Å²) in [5.41, 5.74) is 2.56. The number of pyridine rings is 1. The number of aliphatic hydroxyl groups is 1. The van der Waals surface area contributed by atoms with Gasteiger partial charge in [-0.15, -0.1) is 0 Å². The van der Waals surface area contributed by atoms with Gasteiger partial charge in [-0.2, -0.15) is 0 Å². The average Bonchev–Trinajstić information content (AvgIpc) is 3.18. The average molecular weight is 547 g/mol. The lowest BCUT2D eigenvalue weighted by Gasteiger charge is -2.15. The largest absolute Gasteiger partial charge is 0.387 e. The van der Waals surface area contributed by atoms with Crippen LogP contribution in [0.4, 0.5) is 10.2 Å². The lowest BCUT2D eigenvalue weighted by molar-refractivity contribution is -0.122. The fourth-order valence-electron chi connectivity index (χ4n) is 4.05. The molecule has 0 radical (unpaired) electrons. The van der Waals surface area contributed by atoms with E-state index in [4.69, 9.17) is 12.2 Å². The molecular formula is C28H23FN4O3S2. The molecule has 5 rings (SSSR count). The highest BCUT2D eigenvalue weighted by atomic mass is 32.2. The Morgan fingerprint density at radius 1 is 1.11 bits per heavy atom. The molecule has 4 aromatic rings. The topological polar surface area (TPSA) is 86.9 Å². The number of aryl methyl sites for hydroxylation is 1. The van der Waals surface area contributed by atoms with Crippen molar-refractivity contribution in [3.8, 4) is 0 Å². The summed E-state index contributed by atoms with van der Waals surface area (Å²) in [5.74, 6) is -0.470. The number of thiocarbonyl (C=S) groups is 1. The van der Waals surface area contributed by atoms with E-state index in [1.807, 2.05) is 43.3 Å². The molecule has 3 heterocycles. The molecule has 2 N–H and O–H groups in total. The Morgan fingerprint density at radius 3 is 2.58 bits per heavy atom. The van der Waals surface area contributed by atoms with Crippen LogP contribution in [-0.4, -0.2) is 36.2 Å². The molecule has 7 nitrogen and oxygen atoms in total. The molecule has 0 spiro atoms. The molecule has 0 aliphatic carbocycles. The Balaban J connectivity index is 1.49. The second-order valence-electron chi connectivity index (χ2n) is 8.82. The summed E-state index contributed by atoms with van der Waals surface area (Å²) in [4.78, 5) is 33.1. The molecule has 2 aromatic heterocycles. The molecule has 1 atom stereocenters. The molecule has 1 fully saturated rings. The van der Waals surface area contributed by atoms with Gasteiger partial charge in [0.25, 0.3) is 11.5 Å². The number of carbonyl (C=O) groups excluding carboxylic acids is 1. The quantitative estimate of drug-likeness (QED) is 0.257. The number of amides is 1. The molecule has 1 amide bonds. The van der Waals surface area contributed by atoms with Gasteiger partial charge in [-0.25, -0.2) is 9.37 Å². The van der Waals surface area contributed by atoms with E-state index >= 15 is 0 Å². The number of aromatic nitrogens is 2. The number of nitrogens with one attached hydrogen (secondary N) is 1. The van der Waals surface area contributed by atoms with Crippen LogP contribution in [0.2, 0.25) is 0 Å². The van der Waals surface area contributed by atoms with Crippen molar-refractivity contribution in [2.75, 3.05) is 11.9 Å². The van der Waals surface area contributed by atoms with Crippen molar-refractivity contribution < 1.29 is 14.3 Å². The molecule has 192 valence electrons. The number of nitrogens with zero attached hydrogens (tertiary/aromatic N) is 3. The third-order valence-electron chi connectivity index (χ3n) is 6.06. The van der Waals surface area contributed by atoms with E-state index in [1.54, 1.807) is 24.4 Å². The number of fused-ring (bicyclic) bond motifs is 1. The van der Waals surface area contributed by atoms with E-state index in [1.165, 1.54) is 27.5 Å². The highest BCUT2D eigenvalue weighted by Gasteiger charge is 2.32. The molecule has 38 heavy (non-hydrogen) atoms. The van der Waals surface area contributed by atoms with Crippen LogP contribution in [0.15, 0.2) is 82.6 Å². The van der Waals surface area contributed by atoms with E-state index in [-0.39, 0.29) is 46.7 Å². The molecule has 1 aliphatic heterocycles. The molecule has 0 bridgehead atoms. The number of hydrogen-bond donors (Lipinski definition) is 2. The van der Waals surface area contributed by atoms with Gasteiger partial charge in [-0.3, -0.25) is 18.9 Å². The van der Waals surface area contributed by atoms with Crippen LogP contribution < -0.4 is 10.9 Å². The van der Waals surface area contributed by atoms with Crippen LogP contribution in [0.3, 0.4) is 0 Å². The second kappa shape index (κ2) is 10.9. The highest BCUT2D eigenvalue weighted by molar-refractivity contribution is 8.26. The predicted octanol–water partition coefficient (Wildman–Crippen LogP) is 4.69. The number of anilines is 1. The van der Waals surface area contributed by atoms with Gasteiger partial charge >= 0.3 is 0 Å². The number of halogens is 1. The Bertz CT molecular complexity index is 1620. The first kappa shape index (κ1) is 25.8. The van der Waals surface area contributed by atoms with Crippen LogP contribution in [0.25, 0.3) is 11.7 Å². The fraction of sp³-hybridized carbons (Fsp3) is 0.143. The van der Waals surface area contributed by atoms with Crippen LogP contribution >= 0.6 is 24.0 Å². The summed E-state index contributed by atoms with van der Waals surface area (Å²) >= 11 is 6.53. The molecule has 1 unspecified atom stereocenters. The zero-order valence-electron chi connectivity index (χ0n) is 20.3. The van der Waals surface area contributed by atoms with E-state index in [2.05, 4.69) is 10.3 Å². The summed E-state index contributed by atoms with van der Waals surface area (Å²) in [6, 6.07) is 18.6. The van der Waals surface area contributed by atoms with Crippen LogP contribution in [0.1, 0.15) is 28.4 Å². The fourth-order valence-corrected chi connectivity index (χ4v) is 5.29. The van der Waals surface area contributed by atoms with Gasteiger partial charge in [0, 0.05) is 12.7 Å². The molecule has 2 aromatic carbocycles. The Kier molecular flexibility index (Phi) is 7.37. The minimum absolute atomic E-state index is 0.102. The normalized spacial score (nSPS) is 15.4. The highest BCUT2D eigenvalue weighted by Crippen LogP contribution is 2.34. The second-order valence-corrected chi connectivity index (χ2v) is 10.5. The molecular weight excluding hydrogens is 523 g/mol. The van der Waals surface area contributed by atoms with Crippen molar-refractivity contribution in [2.24, 2.45) is 0 Å². The first-order valence-electron chi connectivity index (χ1n) is 11.8. The maximum absolute atomic E-state index is 13.6. The van der Waals surface area contributed by atoms with Crippen molar-refractivity contribution in [1.29, 1.82) is 0 Å². The Hall–Kier alpha value is -3.86. The van der Waals surface area contributed by atoms with Crippen molar-refractivity contribution in [3.63, 3.8) is 0 Å². The first-order valence-corrected chi connectivity index (χ1v) is 13.0. The van der Waals surface area contributed by atoms with Gasteiger partial charge in [0.1, 0.15) is 21.6 Å². The molecule has 0 saturated carbocycles. The lowest BCUT2D eigenvalue weighted by atomic mass is 10.1. The third kappa shape index (κ3) is 5.38. The summed E-state index contributed by atoms with van der Waals surface area (Å²) in [6.45, 7) is 2.16. The number of aliphatic hydroxyl groups excluding tert-OH is 1. The smallest absolute Gasteiger partial charge is 0.267 e. The predicted molar refractivity (Wildman–Crippen MR) is 151 cm³/mol. The zero-order chi connectivity index (χ0) is 26.8. The maximum Gasteiger partial charge on any atom is 0.267 e. The van der Waals surface area contributed by atoms with Crippen molar-refractivity contribution >= 4 is 51.7 Å². The van der Waals surface area contributed by atoms with Crippen molar-refractivity contribution in [3.05, 3.63) is 116 Å². The number of carbonyl (C=O) groups is 1. The monoisotopic (exact) mass is 546 g/mol. The molecule has 10 heteroatoms. The Labute approximate surface area is 227 Å². The van der Waals surface area contributed by atoms with Crippen LogP contribution in [0.5, 0.6) is 0 Å². The SMILES string of the molecule is Cc1ccc2nc(NCC(O)c3ccccc3)c(/C=C3/SC(=S)N(Cc4ccc(F)cc4)C3=O)c(=O)n2c1. The standard InChI is InChI=1S/C28H23FN4O3S2/c1-17-7-12-24-31-25(30-14-22(34)19-5-3-2-4-6-19)21(26(35)32(24)15-17)13-23-27(36)33(28(37)38-23)16-18-8-10-20(29)11-9-18/h2-13,15,22,30,34H,14,16H2,1H3/b23-13+. The summed E-state index contributed by atoms with van der Waals surface area (Å²) in [5, 5.41) is 13.7. The van der Waals surface area contributed by atoms with E-state index in [9.17, 15) is 19.1 Å². The summed E-state index contributed by atoms with van der Waals surface area (Å²) < 4.78 is 15.1. The molecule has 1 saturated heterocycles. The van der Waals surface area contributed by atoms with Crippen LogP contribution in [0, 0.1) is 12.7 Å². The first-order chi connectivity index (χ1) is 18.3. The minimum Gasteiger partial charge on any atom is -0.387 e. The zero-order valence-corrected chi connectivity index (χ0v) is 21.9. The van der Waals surface area contributed by atoms with Crippen molar-refractivity contribution in [2.45, 2.75) is 19.6 Å². The van der Waals surface area contributed by atoms with Gasteiger partial charge in [0.2, 0.25) is 0 Å². The van der Waals surface area contributed by atoms with Gasteiger partial charge < -0.3 is 10.4 Å². The molecule has 1 aliphatic rings. The third-order valence-corrected chi connectivity index (χ3v) is 7.43. The number of benzene rings is 2. The van der Waals surface area contributed by atoms with Gasteiger partial charge in [0.05, 0.1) is 23.1 Å². The lowest BCUT2D eigenvalue weighted by Crippen LogP contribution is -2.27. The summed E-state index contributed by atoms with van der Waals surface area (Å²) in [7, 11) is 0. The van der Waals surface area contributed by atoms with Gasteiger partial charge in [-0.05, 0) is 47.9 Å².